The first-order valence-electron chi connectivity index (χ1n) is 9.27. The Morgan fingerprint density at radius 3 is 2.46 bits per heavy atom. The Balaban J connectivity index is 1.80. The number of likely N-dealkylation sites (tertiary alicyclic amines) is 1. The molecule has 1 N–H and O–H groups in total. The highest BCUT2D eigenvalue weighted by atomic mass is 79.9. The number of Topliss-reactive ketones (excluding diaryl/α,β-unsaturated/α-hetero) is 1. The summed E-state index contributed by atoms with van der Waals surface area (Å²) in [6.07, 6.45) is 1.72. The maximum absolute atomic E-state index is 12.9. The van der Waals surface area contributed by atoms with Crippen LogP contribution in [0.2, 0.25) is 0 Å². The van der Waals surface area contributed by atoms with Gasteiger partial charge in [-0.1, -0.05) is 58.4 Å². The fourth-order valence-corrected chi connectivity index (χ4v) is 4.09. The molecule has 0 spiro atoms. The van der Waals surface area contributed by atoms with Crippen LogP contribution in [-0.4, -0.2) is 41.0 Å². The average molecular weight is 442 g/mol. The normalized spacial score (nSPS) is 24.1. The standard InChI is InChI=1S/C22H20BrNO4/c23-16-10-8-15(9-11-16)20(25)18-19(14-5-2-1-3-6-14)24(22(27)21(18)26)13-17-7-4-12-28-17/h1-3,5-6,8-11,17,19,25H,4,7,12-13H2. The molecule has 2 fully saturated rings. The number of aliphatic hydroxyl groups excluding tert-OH is 1. The van der Waals surface area contributed by atoms with Crippen LogP contribution in [0.15, 0.2) is 64.6 Å². The lowest BCUT2D eigenvalue weighted by molar-refractivity contribution is -0.140. The highest BCUT2D eigenvalue weighted by molar-refractivity contribution is 9.10. The van der Waals surface area contributed by atoms with Gasteiger partial charge in [0.25, 0.3) is 11.7 Å². The zero-order chi connectivity index (χ0) is 19.7. The molecule has 0 radical (unpaired) electrons. The zero-order valence-electron chi connectivity index (χ0n) is 15.2. The number of hydrogen-bond donors (Lipinski definition) is 1. The summed E-state index contributed by atoms with van der Waals surface area (Å²) in [5.74, 6) is -1.41. The van der Waals surface area contributed by atoms with E-state index in [-0.39, 0.29) is 17.4 Å². The third kappa shape index (κ3) is 3.50. The van der Waals surface area contributed by atoms with Crippen LogP contribution in [0.4, 0.5) is 0 Å². The Bertz CT molecular complexity index is 917. The molecular formula is C22H20BrNO4. The molecule has 2 unspecified atom stereocenters. The lowest BCUT2D eigenvalue weighted by Gasteiger charge is -2.27. The second-order valence-electron chi connectivity index (χ2n) is 7.00. The van der Waals surface area contributed by atoms with Gasteiger partial charge in [-0.3, -0.25) is 9.59 Å². The highest BCUT2D eigenvalue weighted by Crippen LogP contribution is 2.40. The summed E-state index contributed by atoms with van der Waals surface area (Å²) in [5, 5.41) is 10.9. The van der Waals surface area contributed by atoms with Gasteiger partial charge in [0.15, 0.2) is 0 Å². The Labute approximate surface area is 171 Å². The third-order valence-electron chi connectivity index (χ3n) is 5.20. The van der Waals surface area contributed by atoms with E-state index in [1.165, 1.54) is 4.90 Å². The van der Waals surface area contributed by atoms with E-state index < -0.39 is 17.7 Å². The number of benzene rings is 2. The van der Waals surface area contributed by atoms with Crippen LogP contribution < -0.4 is 0 Å². The van der Waals surface area contributed by atoms with E-state index in [2.05, 4.69) is 15.9 Å². The largest absolute Gasteiger partial charge is 0.507 e. The molecule has 2 saturated heterocycles. The van der Waals surface area contributed by atoms with Crippen molar-refractivity contribution in [3.63, 3.8) is 0 Å². The summed E-state index contributed by atoms with van der Waals surface area (Å²) in [6.45, 7) is 1.00. The molecule has 0 bridgehead atoms. The van der Waals surface area contributed by atoms with Crippen molar-refractivity contribution in [3.05, 3.63) is 75.8 Å². The van der Waals surface area contributed by atoms with Crippen LogP contribution in [0.3, 0.4) is 0 Å². The molecule has 5 nitrogen and oxygen atoms in total. The maximum atomic E-state index is 12.9. The number of ketones is 1. The van der Waals surface area contributed by atoms with E-state index in [0.29, 0.717) is 18.7 Å². The number of nitrogens with zero attached hydrogens (tertiary/aromatic N) is 1. The molecule has 144 valence electrons. The van der Waals surface area contributed by atoms with Gasteiger partial charge in [0.2, 0.25) is 0 Å². The summed E-state index contributed by atoms with van der Waals surface area (Å²) in [7, 11) is 0. The minimum Gasteiger partial charge on any atom is -0.507 e. The molecule has 28 heavy (non-hydrogen) atoms. The molecule has 2 aliphatic heterocycles. The quantitative estimate of drug-likeness (QED) is 0.441. The summed E-state index contributed by atoms with van der Waals surface area (Å²) in [4.78, 5) is 27.3. The molecule has 2 aromatic rings. The van der Waals surface area contributed by atoms with Gasteiger partial charge >= 0.3 is 0 Å². The Kier molecular flexibility index (Phi) is 5.33. The van der Waals surface area contributed by atoms with Crippen molar-refractivity contribution in [2.24, 2.45) is 0 Å². The predicted octanol–water partition coefficient (Wildman–Crippen LogP) is 4.05. The Hall–Kier alpha value is -2.44. The van der Waals surface area contributed by atoms with Gasteiger partial charge in [0.1, 0.15) is 5.76 Å². The Morgan fingerprint density at radius 1 is 1.11 bits per heavy atom. The van der Waals surface area contributed by atoms with E-state index in [9.17, 15) is 14.7 Å². The molecule has 4 rings (SSSR count). The highest BCUT2D eigenvalue weighted by Gasteiger charge is 2.46. The number of amides is 1. The van der Waals surface area contributed by atoms with E-state index in [4.69, 9.17) is 4.74 Å². The molecule has 0 aromatic heterocycles. The SMILES string of the molecule is O=C1C(=O)N(CC2CCCO2)C(c2ccccc2)C1=C(O)c1ccc(Br)cc1. The molecule has 2 atom stereocenters. The predicted molar refractivity (Wildman–Crippen MR) is 109 cm³/mol. The number of rotatable bonds is 4. The van der Waals surface area contributed by atoms with Crippen molar-refractivity contribution in [1.82, 2.24) is 4.90 Å². The van der Waals surface area contributed by atoms with Crippen molar-refractivity contribution >= 4 is 33.4 Å². The summed E-state index contributed by atoms with van der Waals surface area (Å²) in [6, 6.07) is 15.7. The average Bonchev–Trinajstić information content (AvgIpc) is 3.31. The van der Waals surface area contributed by atoms with Crippen molar-refractivity contribution in [1.29, 1.82) is 0 Å². The van der Waals surface area contributed by atoms with Crippen molar-refractivity contribution in [3.8, 4) is 0 Å². The molecular weight excluding hydrogens is 422 g/mol. The summed E-state index contributed by atoms with van der Waals surface area (Å²) < 4.78 is 6.55. The van der Waals surface area contributed by atoms with Gasteiger partial charge in [-0.25, -0.2) is 0 Å². The molecule has 2 aliphatic rings. The van der Waals surface area contributed by atoms with Crippen LogP contribution in [-0.2, 0) is 14.3 Å². The zero-order valence-corrected chi connectivity index (χ0v) is 16.8. The van der Waals surface area contributed by atoms with E-state index in [1.807, 2.05) is 30.3 Å². The Morgan fingerprint density at radius 2 is 1.82 bits per heavy atom. The first kappa shape index (κ1) is 18.9. The number of aliphatic hydroxyl groups is 1. The van der Waals surface area contributed by atoms with Crippen molar-refractivity contribution in [2.45, 2.75) is 25.0 Å². The van der Waals surface area contributed by atoms with Gasteiger partial charge in [0, 0.05) is 23.2 Å². The van der Waals surface area contributed by atoms with Crippen molar-refractivity contribution in [2.75, 3.05) is 13.2 Å². The van der Waals surface area contributed by atoms with Crippen LogP contribution in [0.1, 0.15) is 30.0 Å². The smallest absolute Gasteiger partial charge is 0.295 e. The van der Waals surface area contributed by atoms with Gasteiger partial charge in [-0.2, -0.15) is 0 Å². The molecule has 2 aromatic carbocycles. The van der Waals surface area contributed by atoms with E-state index in [1.54, 1.807) is 24.3 Å². The number of hydrogen-bond acceptors (Lipinski definition) is 4. The molecule has 1 amide bonds. The molecule has 0 saturated carbocycles. The minimum absolute atomic E-state index is 0.0860. The van der Waals surface area contributed by atoms with Crippen LogP contribution in [0.5, 0.6) is 0 Å². The monoisotopic (exact) mass is 441 g/mol. The molecule has 0 aliphatic carbocycles. The minimum atomic E-state index is -0.660. The van der Waals surface area contributed by atoms with Gasteiger partial charge in [-0.05, 0) is 30.5 Å². The van der Waals surface area contributed by atoms with E-state index in [0.717, 1.165) is 22.9 Å². The van der Waals surface area contributed by atoms with Gasteiger partial charge < -0.3 is 14.7 Å². The fraction of sp³-hybridized carbons (Fsp3) is 0.273. The topological polar surface area (TPSA) is 66.8 Å². The van der Waals surface area contributed by atoms with E-state index >= 15 is 0 Å². The lowest BCUT2D eigenvalue weighted by Crippen LogP contribution is -2.36. The van der Waals surface area contributed by atoms with Crippen LogP contribution in [0.25, 0.3) is 5.76 Å². The fourth-order valence-electron chi connectivity index (χ4n) is 3.82. The number of carbonyl (C=O) groups excluding carboxylic acids is 2. The second-order valence-corrected chi connectivity index (χ2v) is 7.92. The lowest BCUT2D eigenvalue weighted by atomic mass is 9.95. The van der Waals surface area contributed by atoms with Gasteiger partial charge in [0.05, 0.1) is 17.7 Å². The first-order valence-corrected chi connectivity index (χ1v) is 10.1. The maximum Gasteiger partial charge on any atom is 0.295 e. The summed E-state index contributed by atoms with van der Waals surface area (Å²) >= 11 is 3.37. The summed E-state index contributed by atoms with van der Waals surface area (Å²) in [5.41, 5.74) is 1.41. The number of carbonyl (C=O) groups is 2. The van der Waals surface area contributed by atoms with Crippen molar-refractivity contribution < 1.29 is 19.4 Å². The van der Waals surface area contributed by atoms with Gasteiger partial charge in [-0.15, -0.1) is 0 Å². The number of halogens is 1. The number of ether oxygens (including phenoxy) is 1. The first-order chi connectivity index (χ1) is 13.6. The van der Waals surface area contributed by atoms with Crippen LogP contribution in [0, 0.1) is 0 Å². The second kappa shape index (κ2) is 7.89. The van der Waals surface area contributed by atoms with Crippen LogP contribution >= 0.6 is 15.9 Å². The molecule has 6 heteroatoms. The molecule has 2 heterocycles. The third-order valence-corrected chi connectivity index (χ3v) is 5.73.